The fourth-order valence-electron chi connectivity index (χ4n) is 4.43. The Labute approximate surface area is 188 Å². The molecule has 7 heteroatoms. The third-order valence-corrected chi connectivity index (χ3v) is 7.21. The summed E-state index contributed by atoms with van der Waals surface area (Å²) in [6.45, 7) is 5.13. The van der Waals surface area contributed by atoms with Crippen LogP contribution in [0.2, 0.25) is 0 Å². The van der Waals surface area contributed by atoms with Gasteiger partial charge in [-0.15, -0.1) is 11.3 Å². The fraction of sp³-hybridized carbons (Fsp3) is 0.500. The molecule has 3 heterocycles. The van der Waals surface area contributed by atoms with E-state index < -0.39 is 0 Å². The van der Waals surface area contributed by atoms with Crippen LogP contribution in [-0.4, -0.2) is 72.8 Å². The van der Waals surface area contributed by atoms with Gasteiger partial charge in [-0.2, -0.15) is 0 Å². The maximum absolute atomic E-state index is 5.50. The fourth-order valence-corrected chi connectivity index (χ4v) is 5.39. The van der Waals surface area contributed by atoms with Gasteiger partial charge in [0.2, 0.25) is 0 Å². The number of hydrogen-bond acceptors (Lipinski definition) is 7. The number of fused-ring (bicyclic) bond motifs is 1. The molecule has 1 aliphatic carbocycles. The lowest BCUT2D eigenvalue weighted by atomic mass is 10.1. The van der Waals surface area contributed by atoms with Crippen molar-refractivity contribution in [2.24, 2.45) is 5.92 Å². The number of rotatable bonds is 8. The van der Waals surface area contributed by atoms with E-state index in [0.29, 0.717) is 6.04 Å². The van der Waals surface area contributed by atoms with E-state index in [1.807, 2.05) is 0 Å². The van der Waals surface area contributed by atoms with Crippen LogP contribution in [0, 0.1) is 5.92 Å². The SMILES string of the molecule is CN(C)C(CNc1nc(CN2CCOCC2)nc2scc(-c3ccccc3)c12)C1CC1. The van der Waals surface area contributed by atoms with Crippen LogP contribution >= 0.6 is 11.3 Å². The van der Waals surface area contributed by atoms with Crippen LogP contribution in [0.25, 0.3) is 21.3 Å². The Hall–Kier alpha value is -2.06. The molecule has 1 aliphatic heterocycles. The second-order valence-corrected chi connectivity index (χ2v) is 9.68. The molecule has 0 radical (unpaired) electrons. The highest BCUT2D eigenvalue weighted by Crippen LogP contribution is 2.38. The van der Waals surface area contributed by atoms with E-state index in [4.69, 9.17) is 14.7 Å². The Kier molecular flexibility index (Phi) is 6.18. The van der Waals surface area contributed by atoms with Crippen LogP contribution in [0.5, 0.6) is 0 Å². The predicted octanol–water partition coefficient (Wildman–Crippen LogP) is 3.94. The van der Waals surface area contributed by atoms with Gasteiger partial charge in [0.05, 0.1) is 25.1 Å². The molecule has 1 unspecified atom stereocenters. The monoisotopic (exact) mass is 437 g/mol. The molecule has 6 nitrogen and oxygen atoms in total. The first kappa shape index (κ1) is 20.8. The Bertz CT molecular complexity index is 1010. The van der Waals surface area contributed by atoms with Gasteiger partial charge < -0.3 is 15.0 Å². The second-order valence-electron chi connectivity index (χ2n) is 8.82. The zero-order valence-corrected chi connectivity index (χ0v) is 19.2. The van der Waals surface area contributed by atoms with Crippen molar-refractivity contribution >= 4 is 27.4 Å². The van der Waals surface area contributed by atoms with Crippen molar-refractivity contribution in [1.82, 2.24) is 19.8 Å². The van der Waals surface area contributed by atoms with Crippen molar-refractivity contribution in [3.8, 4) is 11.1 Å². The number of ether oxygens (including phenoxy) is 1. The molecule has 31 heavy (non-hydrogen) atoms. The van der Waals surface area contributed by atoms with Gasteiger partial charge in [0.15, 0.2) is 0 Å². The Morgan fingerprint density at radius 1 is 1.16 bits per heavy atom. The van der Waals surface area contributed by atoms with Gasteiger partial charge in [-0.1, -0.05) is 30.3 Å². The molecule has 2 fully saturated rings. The first-order chi connectivity index (χ1) is 15.2. The standard InChI is InChI=1S/C24H31N5OS/c1-28(2)20(18-8-9-18)14-25-23-22-19(17-6-4-3-5-7-17)16-31-24(22)27-21(26-23)15-29-10-12-30-13-11-29/h3-7,16,18,20H,8-15H2,1-2H3,(H,25,26,27). The summed E-state index contributed by atoms with van der Waals surface area (Å²) in [5.74, 6) is 2.66. The summed E-state index contributed by atoms with van der Waals surface area (Å²) in [6, 6.07) is 11.1. The number of aromatic nitrogens is 2. The van der Waals surface area contributed by atoms with Gasteiger partial charge in [-0.3, -0.25) is 4.90 Å². The van der Waals surface area contributed by atoms with E-state index in [1.54, 1.807) is 11.3 Å². The number of likely N-dealkylation sites (N-methyl/N-ethyl adjacent to an activating group) is 1. The lowest BCUT2D eigenvalue weighted by molar-refractivity contribution is 0.0331. The molecule has 3 aromatic rings. The smallest absolute Gasteiger partial charge is 0.146 e. The van der Waals surface area contributed by atoms with Crippen molar-refractivity contribution in [2.75, 3.05) is 52.3 Å². The number of nitrogens with one attached hydrogen (secondary N) is 1. The molecule has 5 rings (SSSR count). The van der Waals surface area contributed by atoms with Gasteiger partial charge in [0.25, 0.3) is 0 Å². The average Bonchev–Trinajstić information content (AvgIpc) is 3.53. The van der Waals surface area contributed by atoms with Crippen LogP contribution in [0.4, 0.5) is 5.82 Å². The minimum absolute atomic E-state index is 0.534. The van der Waals surface area contributed by atoms with Gasteiger partial charge in [-0.25, -0.2) is 9.97 Å². The molecule has 1 N–H and O–H groups in total. The first-order valence-corrected chi connectivity index (χ1v) is 12.1. The predicted molar refractivity (Wildman–Crippen MR) is 128 cm³/mol. The molecule has 0 amide bonds. The molecule has 1 saturated carbocycles. The zero-order chi connectivity index (χ0) is 21.2. The molecule has 2 aromatic heterocycles. The summed E-state index contributed by atoms with van der Waals surface area (Å²) in [6.07, 6.45) is 2.67. The van der Waals surface area contributed by atoms with Crippen LogP contribution < -0.4 is 5.32 Å². The van der Waals surface area contributed by atoms with E-state index in [2.05, 4.69) is 64.9 Å². The van der Waals surface area contributed by atoms with Crippen molar-refractivity contribution in [1.29, 1.82) is 0 Å². The molecular weight excluding hydrogens is 406 g/mol. The van der Waals surface area contributed by atoms with Gasteiger partial charge in [-0.05, 0) is 38.4 Å². The third-order valence-electron chi connectivity index (χ3n) is 6.34. The van der Waals surface area contributed by atoms with Crippen LogP contribution in [0.15, 0.2) is 35.7 Å². The average molecular weight is 438 g/mol. The van der Waals surface area contributed by atoms with Crippen LogP contribution in [0.3, 0.4) is 0 Å². The largest absolute Gasteiger partial charge is 0.379 e. The van der Waals surface area contributed by atoms with E-state index in [1.165, 1.54) is 24.0 Å². The summed E-state index contributed by atoms with van der Waals surface area (Å²) in [5.41, 5.74) is 2.43. The van der Waals surface area contributed by atoms with E-state index in [-0.39, 0.29) is 0 Å². The summed E-state index contributed by atoms with van der Waals surface area (Å²) in [7, 11) is 4.37. The number of morpholine rings is 1. The second kappa shape index (κ2) is 9.20. The quantitative estimate of drug-likeness (QED) is 0.576. The zero-order valence-electron chi connectivity index (χ0n) is 18.4. The van der Waals surface area contributed by atoms with E-state index >= 15 is 0 Å². The normalized spacial score (nSPS) is 18.5. The topological polar surface area (TPSA) is 53.5 Å². The van der Waals surface area contributed by atoms with Crippen molar-refractivity contribution in [3.63, 3.8) is 0 Å². The molecule has 164 valence electrons. The highest BCUT2D eigenvalue weighted by atomic mass is 32.1. The molecular formula is C24H31N5OS. The van der Waals surface area contributed by atoms with Crippen molar-refractivity contribution < 1.29 is 4.74 Å². The number of hydrogen-bond donors (Lipinski definition) is 1. The third kappa shape index (κ3) is 4.75. The van der Waals surface area contributed by atoms with E-state index in [0.717, 1.165) is 67.2 Å². The van der Waals surface area contributed by atoms with Crippen LogP contribution in [-0.2, 0) is 11.3 Å². The lowest BCUT2D eigenvalue weighted by Gasteiger charge is -2.26. The highest BCUT2D eigenvalue weighted by molar-refractivity contribution is 7.17. The number of anilines is 1. The minimum Gasteiger partial charge on any atom is -0.379 e. The molecule has 1 aromatic carbocycles. The van der Waals surface area contributed by atoms with Gasteiger partial charge >= 0.3 is 0 Å². The molecule has 1 atom stereocenters. The summed E-state index contributed by atoms with van der Waals surface area (Å²) < 4.78 is 5.50. The van der Waals surface area contributed by atoms with Crippen molar-refractivity contribution in [2.45, 2.75) is 25.4 Å². The summed E-state index contributed by atoms with van der Waals surface area (Å²) in [5, 5.41) is 7.11. The Morgan fingerprint density at radius 2 is 1.94 bits per heavy atom. The molecule has 2 aliphatic rings. The summed E-state index contributed by atoms with van der Waals surface area (Å²) >= 11 is 1.71. The van der Waals surface area contributed by atoms with Gasteiger partial charge in [0, 0.05) is 36.6 Å². The van der Waals surface area contributed by atoms with Gasteiger partial charge in [0.1, 0.15) is 16.5 Å². The highest BCUT2D eigenvalue weighted by Gasteiger charge is 2.32. The maximum Gasteiger partial charge on any atom is 0.146 e. The minimum atomic E-state index is 0.534. The van der Waals surface area contributed by atoms with Crippen LogP contribution in [0.1, 0.15) is 18.7 Å². The van der Waals surface area contributed by atoms with E-state index in [9.17, 15) is 0 Å². The molecule has 1 saturated heterocycles. The van der Waals surface area contributed by atoms with Crippen molar-refractivity contribution in [3.05, 3.63) is 41.5 Å². The Morgan fingerprint density at radius 3 is 2.65 bits per heavy atom. The molecule has 0 spiro atoms. The lowest BCUT2D eigenvalue weighted by Crippen LogP contribution is -2.37. The molecule has 0 bridgehead atoms. The summed E-state index contributed by atoms with van der Waals surface area (Å²) in [4.78, 5) is 15.8. The number of benzene rings is 1. The first-order valence-electron chi connectivity index (χ1n) is 11.2. The number of thiophene rings is 1. The maximum atomic E-state index is 5.50. The number of nitrogens with zero attached hydrogens (tertiary/aromatic N) is 4. The Balaban J connectivity index is 1.49.